The molecule has 5 nitrogen and oxygen atoms in total. The number of anilines is 1. The van der Waals surface area contributed by atoms with Crippen LogP contribution >= 0.6 is 11.3 Å². The molecule has 6 heteroatoms. The minimum Gasteiger partial charge on any atom is -0.348 e. The molecule has 1 fully saturated rings. The van der Waals surface area contributed by atoms with Crippen LogP contribution in [0.1, 0.15) is 62.7 Å². The summed E-state index contributed by atoms with van der Waals surface area (Å²) < 4.78 is 1.79. The molecule has 2 aliphatic rings. The van der Waals surface area contributed by atoms with Crippen LogP contribution in [0.15, 0.2) is 17.2 Å². The van der Waals surface area contributed by atoms with Gasteiger partial charge in [-0.25, -0.2) is 9.97 Å². The third-order valence-corrected chi connectivity index (χ3v) is 7.04. The number of aryl methyl sites for hydroxylation is 2. The molecular weight excluding hydrogens is 356 g/mol. The smallest absolute Gasteiger partial charge is 0.253 e. The van der Waals surface area contributed by atoms with Crippen molar-refractivity contribution in [2.75, 3.05) is 18.0 Å². The monoisotopic (exact) mass is 386 g/mol. The predicted octanol–water partition coefficient (Wildman–Crippen LogP) is 3.79. The number of hydrogen-bond acceptors (Lipinski definition) is 5. The zero-order chi connectivity index (χ0) is 19.0. The lowest BCUT2D eigenvalue weighted by Gasteiger charge is -2.32. The van der Waals surface area contributed by atoms with Crippen molar-refractivity contribution in [2.24, 2.45) is 5.92 Å². The number of piperidine rings is 1. The molecule has 0 spiro atoms. The number of thiazole rings is 1. The van der Waals surface area contributed by atoms with Gasteiger partial charge in [-0.2, -0.15) is 0 Å². The first-order chi connectivity index (χ1) is 12.9. The average Bonchev–Trinajstić information content (AvgIpc) is 3.07. The van der Waals surface area contributed by atoms with Gasteiger partial charge in [-0.1, -0.05) is 20.8 Å². The van der Waals surface area contributed by atoms with Crippen LogP contribution in [0.5, 0.6) is 0 Å². The maximum absolute atomic E-state index is 12.5. The Morgan fingerprint density at radius 3 is 2.59 bits per heavy atom. The fraction of sp³-hybridized carbons (Fsp3) is 0.667. The number of nitrogens with zero attached hydrogens (tertiary/aromatic N) is 4. The van der Waals surface area contributed by atoms with E-state index in [1.54, 1.807) is 17.0 Å². The van der Waals surface area contributed by atoms with E-state index in [2.05, 4.69) is 30.7 Å². The Morgan fingerprint density at radius 1 is 1.19 bits per heavy atom. The second-order valence-corrected chi connectivity index (χ2v) is 10.1. The van der Waals surface area contributed by atoms with Gasteiger partial charge in [0.05, 0.1) is 17.7 Å². The van der Waals surface area contributed by atoms with Crippen molar-refractivity contribution in [1.82, 2.24) is 14.5 Å². The van der Waals surface area contributed by atoms with Gasteiger partial charge in [0.25, 0.3) is 5.56 Å². The molecule has 4 rings (SSSR count). The summed E-state index contributed by atoms with van der Waals surface area (Å²) in [6.45, 7) is 9.12. The van der Waals surface area contributed by atoms with E-state index >= 15 is 0 Å². The minimum atomic E-state index is -0.0868. The zero-order valence-corrected chi connectivity index (χ0v) is 17.5. The van der Waals surface area contributed by atoms with Gasteiger partial charge in [-0.05, 0) is 44.4 Å². The molecule has 0 saturated carbocycles. The summed E-state index contributed by atoms with van der Waals surface area (Å²) in [4.78, 5) is 25.8. The summed E-state index contributed by atoms with van der Waals surface area (Å²) in [5.74, 6) is 0.538. The molecule has 1 aliphatic heterocycles. The van der Waals surface area contributed by atoms with Crippen LogP contribution in [0.25, 0.3) is 0 Å². The van der Waals surface area contributed by atoms with E-state index in [-0.39, 0.29) is 11.0 Å². The van der Waals surface area contributed by atoms with E-state index in [9.17, 15) is 4.79 Å². The van der Waals surface area contributed by atoms with Gasteiger partial charge in [0.15, 0.2) is 5.13 Å². The van der Waals surface area contributed by atoms with E-state index in [0.29, 0.717) is 5.92 Å². The minimum absolute atomic E-state index is 0.0740. The summed E-state index contributed by atoms with van der Waals surface area (Å²) in [6.07, 6.45) is 8.93. The Hall–Kier alpha value is -1.69. The maximum Gasteiger partial charge on any atom is 0.253 e. The van der Waals surface area contributed by atoms with E-state index < -0.39 is 0 Å². The van der Waals surface area contributed by atoms with Crippen LogP contribution in [0.4, 0.5) is 5.13 Å². The Kier molecular flexibility index (Phi) is 5.10. The molecule has 2 aromatic heterocycles. The highest BCUT2D eigenvalue weighted by Crippen LogP contribution is 2.33. The van der Waals surface area contributed by atoms with Crippen LogP contribution in [-0.4, -0.2) is 27.6 Å². The fourth-order valence-corrected chi connectivity index (χ4v) is 5.23. The number of hydrogen-bond donors (Lipinski definition) is 0. The molecule has 1 aliphatic carbocycles. The Labute approximate surface area is 165 Å². The van der Waals surface area contributed by atoms with Crippen molar-refractivity contribution >= 4 is 16.5 Å². The molecule has 3 heterocycles. The predicted molar refractivity (Wildman–Crippen MR) is 111 cm³/mol. The van der Waals surface area contributed by atoms with Crippen molar-refractivity contribution < 1.29 is 0 Å². The quantitative estimate of drug-likeness (QED) is 0.805. The number of fused-ring (bicyclic) bond motifs is 1. The molecule has 0 amide bonds. The van der Waals surface area contributed by atoms with Gasteiger partial charge in [0.1, 0.15) is 0 Å². The molecule has 0 bridgehead atoms. The molecule has 146 valence electrons. The first-order valence-electron chi connectivity index (χ1n) is 10.2. The number of rotatable bonds is 3. The van der Waals surface area contributed by atoms with Crippen molar-refractivity contribution in [2.45, 2.75) is 71.3 Å². The van der Waals surface area contributed by atoms with Gasteiger partial charge < -0.3 is 4.90 Å². The molecule has 2 aromatic rings. The topological polar surface area (TPSA) is 51.0 Å². The molecule has 0 N–H and O–H groups in total. The number of aromatic nitrogens is 3. The van der Waals surface area contributed by atoms with Crippen LogP contribution in [0.3, 0.4) is 0 Å². The van der Waals surface area contributed by atoms with Crippen LogP contribution in [-0.2, 0) is 24.8 Å². The third kappa shape index (κ3) is 4.10. The summed E-state index contributed by atoms with van der Waals surface area (Å²) in [7, 11) is 0. The first kappa shape index (κ1) is 18.7. The highest BCUT2D eigenvalue weighted by atomic mass is 32.1. The van der Waals surface area contributed by atoms with Crippen LogP contribution < -0.4 is 10.5 Å². The Bertz CT molecular complexity index is 832. The van der Waals surface area contributed by atoms with Gasteiger partial charge in [0, 0.05) is 36.0 Å². The van der Waals surface area contributed by atoms with Crippen molar-refractivity contribution in [3.05, 3.63) is 39.0 Å². The Morgan fingerprint density at radius 2 is 1.93 bits per heavy atom. The summed E-state index contributed by atoms with van der Waals surface area (Å²) in [5, 5.41) is 1.22. The Balaban J connectivity index is 1.37. The lowest BCUT2D eigenvalue weighted by atomic mass is 9.92. The molecule has 0 unspecified atom stereocenters. The van der Waals surface area contributed by atoms with E-state index in [1.807, 2.05) is 11.3 Å². The molecule has 27 heavy (non-hydrogen) atoms. The molecular formula is C21H30N4OS. The van der Waals surface area contributed by atoms with E-state index in [0.717, 1.165) is 44.6 Å². The summed E-state index contributed by atoms with van der Waals surface area (Å²) >= 11 is 1.90. The molecule has 0 atom stereocenters. The first-order valence-corrected chi connectivity index (χ1v) is 11.0. The van der Waals surface area contributed by atoms with Gasteiger partial charge in [-0.3, -0.25) is 9.36 Å². The normalized spacial score (nSPS) is 18.6. The standard InChI is InChI=1S/C21H30N4OS/c1-21(2,3)18-12-19(26)25(14-22-18)13-15-8-10-24(11-9-15)20-23-16-6-4-5-7-17(16)27-20/h12,14-15H,4-11,13H2,1-3H3. The molecule has 1 saturated heterocycles. The molecule has 0 aromatic carbocycles. The fourth-order valence-electron chi connectivity index (χ4n) is 4.03. The second kappa shape index (κ2) is 7.38. The van der Waals surface area contributed by atoms with Gasteiger partial charge in [0.2, 0.25) is 0 Å². The molecule has 0 radical (unpaired) electrons. The lowest BCUT2D eigenvalue weighted by Crippen LogP contribution is -2.36. The SMILES string of the molecule is CC(C)(C)c1cc(=O)n(CC2CCN(c3nc4c(s3)CCCC4)CC2)cn1. The average molecular weight is 387 g/mol. The largest absolute Gasteiger partial charge is 0.348 e. The zero-order valence-electron chi connectivity index (χ0n) is 16.7. The highest BCUT2D eigenvalue weighted by Gasteiger charge is 2.24. The second-order valence-electron chi connectivity index (χ2n) is 9.02. The third-order valence-electron chi connectivity index (χ3n) is 5.82. The lowest BCUT2D eigenvalue weighted by molar-refractivity contribution is 0.350. The van der Waals surface area contributed by atoms with Gasteiger partial charge in [-0.15, -0.1) is 11.3 Å². The summed E-state index contributed by atoms with van der Waals surface area (Å²) in [5.41, 5.74) is 2.20. The van der Waals surface area contributed by atoms with Gasteiger partial charge >= 0.3 is 0 Å². The van der Waals surface area contributed by atoms with E-state index in [1.165, 1.54) is 35.0 Å². The van der Waals surface area contributed by atoms with Crippen LogP contribution in [0.2, 0.25) is 0 Å². The van der Waals surface area contributed by atoms with Crippen molar-refractivity contribution in [3.63, 3.8) is 0 Å². The van der Waals surface area contributed by atoms with Crippen molar-refractivity contribution in [3.8, 4) is 0 Å². The van der Waals surface area contributed by atoms with Crippen LogP contribution in [0, 0.1) is 5.92 Å². The van der Waals surface area contributed by atoms with E-state index in [4.69, 9.17) is 4.98 Å². The highest BCUT2D eigenvalue weighted by molar-refractivity contribution is 7.15. The van der Waals surface area contributed by atoms with Crippen molar-refractivity contribution in [1.29, 1.82) is 0 Å². The summed E-state index contributed by atoms with van der Waals surface area (Å²) in [6, 6.07) is 1.70. The maximum atomic E-state index is 12.5.